The SMILES string of the molecule is CC(C)(C)OC(=O)Cc1ccc2c(c1)CCN2Cc1ccc2c(c1)CC(=O)N2. The lowest BCUT2D eigenvalue weighted by molar-refractivity contribution is -0.153. The molecule has 0 atom stereocenters. The van der Waals surface area contributed by atoms with Crippen molar-refractivity contribution in [3.63, 3.8) is 0 Å². The zero-order valence-corrected chi connectivity index (χ0v) is 16.7. The molecule has 0 aromatic heterocycles. The van der Waals surface area contributed by atoms with Crippen LogP contribution in [0.2, 0.25) is 0 Å². The molecule has 5 nitrogen and oxygen atoms in total. The summed E-state index contributed by atoms with van der Waals surface area (Å²) in [6.07, 6.45) is 1.74. The normalized spacial score (nSPS) is 15.2. The Kier molecular flexibility index (Phi) is 4.61. The van der Waals surface area contributed by atoms with Crippen molar-refractivity contribution >= 4 is 23.3 Å². The van der Waals surface area contributed by atoms with Crippen LogP contribution in [0, 0.1) is 0 Å². The number of anilines is 2. The lowest BCUT2D eigenvalue weighted by Crippen LogP contribution is -2.24. The van der Waals surface area contributed by atoms with Crippen LogP contribution in [0.1, 0.15) is 43.0 Å². The lowest BCUT2D eigenvalue weighted by atomic mass is 10.1. The van der Waals surface area contributed by atoms with Crippen molar-refractivity contribution in [3.05, 3.63) is 58.7 Å². The van der Waals surface area contributed by atoms with Gasteiger partial charge in [0.2, 0.25) is 5.91 Å². The number of rotatable bonds is 4. The molecule has 0 saturated heterocycles. The Morgan fingerprint density at radius 2 is 1.86 bits per heavy atom. The maximum absolute atomic E-state index is 12.1. The summed E-state index contributed by atoms with van der Waals surface area (Å²) in [6.45, 7) is 7.43. The minimum absolute atomic E-state index is 0.0659. The third-order valence-electron chi connectivity index (χ3n) is 5.07. The fourth-order valence-corrected chi connectivity index (χ4v) is 3.94. The molecular formula is C23H26N2O3. The van der Waals surface area contributed by atoms with E-state index in [1.807, 2.05) is 32.9 Å². The van der Waals surface area contributed by atoms with E-state index in [0.717, 1.165) is 36.3 Å². The molecule has 4 rings (SSSR count). The number of nitrogens with one attached hydrogen (secondary N) is 1. The highest BCUT2D eigenvalue weighted by atomic mass is 16.6. The summed E-state index contributed by atoms with van der Waals surface area (Å²) < 4.78 is 5.43. The van der Waals surface area contributed by atoms with Gasteiger partial charge in [-0.3, -0.25) is 9.59 Å². The Bertz CT molecular complexity index is 943. The van der Waals surface area contributed by atoms with Crippen LogP contribution in [0.3, 0.4) is 0 Å². The Hall–Kier alpha value is -2.82. The van der Waals surface area contributed by atoms with E-state index in [4.69, 9.17) is 4.74 Å². The molecule has 1 amide bonds. The van der Waals surface area contributed by atoms with Crippen LogP contribution in [-0.4, -0.2) is 24.0 Å². The quantitative estimate of drug-likeness (QED) is 0.826. The molecule has 0 bridgehead atoms. The van der Waals surface area contributed by atoms with Crippen LogP contribution in [0.4, 0.5) is 11.4 Å². The van der Waals surface area contributed by atoms with E-state index < -0.39 is 5.60 Å². The second-order valence-electron chi connectivity index (χ2n) is 8.61. The van der Waals surface area contributed by atoms with Crippen LogP contribution in [-0.2, 0) is 40.1 Å². The van der Waals surface area contributed by atoms with Gasteiger partial charge in [0, 0.05) is 24.5 Å². The van der Waals surface area contributed by atoms with Crippen molar-refractivity contribution in [3.8, 4) is 0 Å². The van der Waals surface area contributed by atoms with Crippen LogP contribution in [0.5, 0.6) is 0 Å². The monoisotopic (exact) mass is 378 g/mol. The summed E-state index contributed by atoms with van der Waals surface area (Å²) in [5, 5.41) is 2.88. The Morgan fingerprint density at radius 1 is 1.11 bits per heavy atom. The summed E-state index contributed by atoms with van der Waals surface area (Å²) in [5.41, 5.74) is 6.26. The van der Waals surface area contributed by atoms with Gasteiger partial charge in [-0.1, -0.05) is 24.3 Å². The van der Waals surface area contributed by atoms with Crippen LogP contribution in [0.15, 0.2) is 36.4 Å². The van der Waals surface area contributed by atoms with Gasteiger partial charge in [0.15, 0.2) is 0 Å². The van der Waals surface area contributed by atoms with Gasteiger partial charge in [-0.15, -0.1) is 0 Å². The summed E-state index contributed by atoms with van der Waals surface area (Å²) in [4.78, 5) is 26.0. The number of carbonyl (C=O) groups is 2. The highest BCUT2D eigenvalue weighted by molar-refractivity contribution is 5.99. The Morgan fingerprint density at radius 3 is 2.64 bits per heavy atom. The predicted octanol–water partition coefficient (Wildman–Crippen LogP) is 3.63. The van der Waals surface area contributed by atoms with E-state index in [0.29, 0.717) is 12.8 Å². The molecule has 0 aliphatic carbocycles. The first-order valence-electron chi connectivity index (χ1n) is 9.77. The van der Waals surface area contributed by atoms with Crippen LogP contribution < -0.4 is 10.2 Å². The third-order valence-corrected chi connectivity index (χ3v) is 5.07. The molecule has 0 saturated carbocycles. The van der Waals surface area contributed by atoms with E-state index >= 15 is 0 Å². The first kappa shape index (κ1) is 18.5. The minimum Gasteiger partial charge on any atom is -0.460 e. The van der Waals surface area contributed by atoms with E-state index in [1.54, 1.807) is 0 Å². The van der Waals surface area contributed by atoms with Crippen molar-refractivity contribution in [2.45, 2.75) is 52.2 Å². The Labute approximate surface area is 165 Å². The van der Waals surface area contributed by atoms with E-state index in [2.05, 4.69) is 34.5 Å². The first-order chi connectivity index (χ1) is 13.3. The first-order valence-corrected chi connectivity index (χ1v) is 9.77. The zero-order chi connectivity index (χ0) is 19.9. The zero-order valence-electron chi connectivity index (χ0n) is 16.7. The summed E-state index contributed by atoms with van der Waals surface area (Å²) >= 11 is 0. The third kappa shape index (κ3) is 4.03. The van der Waals surface area contributed by atoms with Crippen LogP contribution in [0.25, 0.3) is 0 Å². The lowest BCUT2D eigenvalue weighted by Gasteiger charge is -2.21. The van der Waals surface area contributed by atoms with Gasteiger partial charge < -0.3 is 15.0 Å². The number of ether oxygens (including phenoxy) is 1. The summed E-state index contributed by atoms with van der Waals surface area (Å²) in [7, 11) is 0. The van der Waals surface area contributed by atoms with E-state index in [9.17, 15) is 9.59 Å². The molecule has 5 heteroatoms. The number of amides is 1. The highest BCUT2D eigenvalue weighted by Crippen LogP contribution is 2.32. The largest absolute Gasteiger partial charge is 0.460 e. The van der Waals surface area contributed by atoms with Crippen LogP contribution >= 0.6 is 0 Å². The van der Waals surface area contributed by atoms with Gasteiger partial charge in [0.1, 0.15) is 5.60 Å². The van der Waals surface area contributed by atoms with Crippen molar-refractivity contribution in [1.82, 2.24) is 0 Å². The predicted molar refractivity (Wildman–Crippen MR) is 110 cm³/mol. The second-order valence-corrected chi connectivity index (χ2v) is 8.61. The van der Waals surface area contributed by atoms with Crippen molar-refractivity contribution < 1.29 is 14.3 Å². The standard InChI is InChI=1S/C23H26N2O3/c1-23(2,3)28-22(27)12-15-5-7-20-17(10-15)8-9-25(20)14-16-4-6-19-18(11-16)13-21(26)24-19/h4-7,10-11H,8-9,12-14H2,1-3H3,(H,24,26). The van der Waals surface area contributed by atoms with Crippen molar-refractivity contribution in [1.29, 1.82) is 0 Å². The molecule has 0 fully saturated rings. The van der Waals surface area contributed by atoms with Crippen molar-refractivity contribution in [2.75, 3.05) is 16.8 Å². The smallest absolute Gasteiger partial charge is 0.310 e. The molecule has 2 aliphatic heterocycles. The molecule has 0 radical (unpaired) electrons. The number of fused-ring (bicyclic) bond motifs is 2. The van der Waals surface area contributed by atoms with E-state index in [1.165, 1.54) is 16.8 Å². The minimum atomic E-state index is -0.458. The number of hydrogen-bond donors (Lipinski definition) is 1. The maximum atomic E-state index is 12.1. The number of hydrogen-bond acceptors (Lipinski definition) is 4. The number of nitrogens with zero attached hydrogens (tertiary/aromatic N) is 1. The highest BCUT2D eigenvalue weighted by Gasteiger charge is 2.23. The average molecular weight is 378 g/mol. The van der Waals surface area contributed by atoms with Gasteiger partial charge in [0.05, 0.1) is 12.8 Å². The van der Waals surface area contributed by atoms with Gasteiger partial charge in [0.25, 0.3) is 0 Å². The van der Waals surface area contributed by atoms with Gasteiger partial charge >= 0.3 is 5.97 Å². The van der Waals surface area contributed by atoms with Crippen molar-refractivity contribution in [2.24, 2.45) is 0 Å². The topological polar surface area (TPSA) is 58.6 Å². The number of benzene rings is 2. The molecule has 0 unspecified atom stereocenters. The van der Waals surface area contributed by atoms with E-state index in [-0.39, 0.29) is 11.9 Å². The molecule has 2 aliphatic rings. The second kappa shape index (κ2) is 6.97. The molecular weight excluding hydrogens is 352 g/mol. The molecule has 2 heterocycles. The van der Waals surface area contributed by atoms with Gasteiger partial charge in [-0.2, -0.15) is 0 Å². The fraction of sp³-hybridized carbons (Fsp3) is 0.391. The molecule has 1 N–H and O–H groups in total. The molecule has 28 heavy (non-hydrogen) atoms. The maximum Gasteiger partial charge on any atom is 0.310 e. The fourth-order valence-electron chi connectivity index (χ4n) is 3.94. The average Bonchev–Trinajstić information content (AvgIpc) is 3.15. The molecule has 146 valence electrons. The molecule has 2 aromatic rings. The molecule has 2 aromatic carbocycles. The molecule has 0 spiro atoms. The number of carbonyl (C=O) groups excluding carboxylic acids is 2. The van der Waals surface area contributed by atoms with Gasteiger partial charge in [-0.25, -0.2) is 0 Å². The summed E-state index contributed by atoms with van der Waals surface area (Å²) in [6, 6.07) is 12.5. The Balaban J connectivity index is 1.44. The summed E-state index contributed by atoms with van der Waals surface area (Å²) in [5.74, 6) is -0.125. The van der Waals surface area contributed by atoms with Gasteiger partial charge in [-0.05, 0) is 61.6 Å². The number of esters is 1.